The van der Waals surface area contributed by atoms with E-state index in [0.29, 0.717) is 28.1 Å². The zero-order valence-corrected chi connectivity index (χ0v) is 16.7. The van der Waals surface area contributed by atoms with Crippen LogP contribution >= 0.6 is 0 Å². The van der Waals surface area contributed by atoms with Crippen molar-refractivity contribution < 1.29 is 13.2 Å². The van der Waals surface area contributed by atoms with Crippen LogP contribution in [-0.4, -0.2) is 35.3 Å². The number of rotatable bonds is 4. The molecular formula is C20H18N4O4S. The zero-order chi connectivity index (χ0) is 20.3. The number of methoxy groups -OCH3 is 1. The summed E-state index contributed by atoms with van der Waals surface area (Å²) in [7, 11) is -2.46. The van der Waals surface area contributed by atoms with Crippen molar-refractivity contribution in [3.05, 3.63) is 57.9 Å². The maximum atomic E-state index is 13.3. The number of aromatic amines is 1. The van der Waals surface area contributed by atoms with Crippen molar-refractivity contribution in [1.29, 1.82) is 0 Å². The van der Waals surface area contributed by atoms with E-state index in [2.05, 4.69) is 15.3 Å². The zero-order valence-electron chi connectivity index (χ0n) is 15.8. The van der Waals surface area contributed by atoms with E-state index in [4.69, 9.17) is 4.74 Å². The first-order valence-electron chi connectivity index (χ1n) is 9.21. The largest absolute Gasteiger partial charge is 0.497 e. The van der Waals surface area contributed by atoms with Gasteiger partial charge in [0.05, 0.1) is 22.9 Å². The van der Waals surface area contributed by atoms with Crippen molar-refractivity contribution in [3.63, 3.8) is 0 Å². The second-order valence-electron chi connectivity index (χ2n) is 7.29. The third kappa shape index (κ3) is 2.72. The van der Waals surface area contributed by atoms with Crippen LogP contribution in [-0.2, 0) is 9.84 Å². The van der Waals surface area contributed by atoms with Gasteiger partial charge in [0, 0.05) is 6.07 Å². The van der Waals surface area contributed by atoms with Crippen molar-refractivity contribution >= 4 is 26.4 Å². The third-order valence-corrected chi connectivity index (χ3v) is 7.16. The number of nitrogens with zero attached hydrogens (tertiary/aromatic N) is 3. The van der Waals surface area contributed by atoms with Gasteiger partial charge in [0.15, 0.2) is 5.65 Å². The fourth-order valence-electron chi connectivity index (χ4n) is 3.65. The number of fused-ring (bicyclic) bond motifs is 3. The van der Waals surface area contributed by atoms with Gasteiger partial charge in [0.2, 0.25) is 14.9 Å². The monoisotopic (exact) mass is 410 g/mol. The first kappa shape index (κ1) is 17.9. The minimum Gasteiger partial charge on any atom is -0.497 e. The van der Waals surface area contributed by atoms with Crippen molar-refractivity contribution in [2.24, 2.45) is 0 Å². The lowest BCUT2D eigenvalue weighted by Gasteiger charge is -2.08. The van der Waals surface area contributed by atoms with Gasteiger partial charge in [-0.3, -0.25) is 4.79 Å². The SMILES string of the molecule is COc1ccc2c(=O)[nH]c3c(S(=O)(=O)c4ccc(C5CC5)cc4C)nnn3c2c1. The highest BCUT2D eigenvalue weighted by molar-refractivity contribution is 7.91. The van der Waals surface area contributed by atoms with E-state index in [-0.39, 0.29) is 15.6 Å². The van der Waals surface area contributed by atoms with Gasteiger partial charge in [-0.05, 0) is 55.0 Å². The van der Waals surface area contributed by atoms with E-state index in [1.165, 1.54) is 11.6 Å². The standard InChI is InChI=1S/C20H18N4O4S/c1-11-9-13(12-3-4-12)5-8-17(11)29(26,27)20-18-21-19(25)15-7-6-14(28-2)10-16(15)24(18)23-22-20/h5-10,12H,3-4H2,1-2H3,(H,21,25). The van der Waals surface area contributed by atoms with Gasteiger partial charge in [-0.1, -0.05) is 17.3 Å². The van der Waals surface area contributed by atoms with Crippen LogP contribution < -0.4 is 10.3 Å². The Labute approximate surface area is 166 Å². The molecule has 2 aromatic carbocycles. The molecule has 1 saturated carbocycles. The molecule has 0 spiro atoms. The second kappa shape index (κ2) is 6.15. The van der Waals surface area contributed by atoms with E-state index >= 15 is 0 Å². The Bertz CT molecular complexity index is 1450. The van der Waals surface area contributed by atoms with Crippen LogP contribution in [0.5, 0.6) is 5.75 Å². The van der Waals surface area contributed by atoms with Crippen molar-refractivity contribution in [1.82, 2.24) is 19.8 Å². The Kier molecular flexibility index (Phi) is 3.79. The average Bonchev–Trinajstić information content (AvgIpc) is 3.46. The molecule has 0 atom stereocenters. The van der Waals surface area contributed by atoms with E-state index in [0.717, 1.165) is 18.4 Å². The molecule has 0 unspecified atom stereocenters. The number of H-pyrrole nitrogens is 1. The Morgan fingerprint density at radius 2 is 1.97 bits per heavy atom. The predicted molar refractivity (Wildman–Crippen MR) is 106 cm³/mol. The normalized spacial score (nSPS) is 14.6. The lowest BCUT2D eigenvalue weighted by atomic mass is 10.1. The molecule has 9 heteroatoms. The molecule has 2 aromatic heterocycles. The summed E-state index contributed by atoms with van der Waals surface area (Å²) in [4.78, 5) is 15.3. The molecule has 0 radical (unpaired) electrons. The fraction of sp³-hybridized carbons (Fsp3) is 0.250. The third-order valence-electron chi connectivity index (χ3n) is 5.34. The molecule has 1 aliphatic rings. The number of ether oxygens (including phenoxy) is 1. The van der Waals surface area contributed by atoms with Crippen molar-refractivity contribution in [3.8, 4) is 5.75 Å². The van der Waals surface area contributed by atoms with Crippen molar-refractivity contribution in [2.75, 3.05) is 7.11 Å². The Balaban J connectivity index is 1.73. The number of hydrogen-bond donors (Lipinski definition) is 1. The number of nitrogens with one attached hydrogen (secondary N) is 1. The van der Waals surface area contributed by atoms with Crippen molar-refractivity contribution in [2.45, 2.75) is 35.6 Å². The summed E-state index contributed by atoms with van der Waals surface area (Å²) in [6.07, 6.45) is 2.28. The molecule has 2 heterocycles. The highest BCUT2D eigenvalue weighted by Crippen LogP contribution is 2.41. The van der Waals surface area contributed by atoms with Crippen LogP contribution in [0, 0.1) is 6.92 Å². The summed E-state index contributed by atoms with van der Waals surface area (Å²) in [5, 5.41) is 8.00. The summed E-state index contributed by atoms with van der Waals surface area (Å²) >= 11 is 0. The number of sulfone groups is 1. The van der Waals surface area contributed by atoms with E-state index in [9.17, 15) is 13.2 Å². The molecule has 0 aliphatic heterocycles. The van der Waals surface area contributed by atoms with Crippen LogP contribution in [0.2, 0.25) is 0 Å². The molecule has 1 N–H and O–H groups in total. The molecule has 4 aromatic rings. The second-order valence-corrected chi connectivity index (χ2v) is 9.13. The molecule has 1 aliphatic carbocycles. The maximum absolute atomic E-state index is 13.3. The lowest BCUT2D eigenvalue weighted by Crippen LogP contribution is -2.12. The van der Waals surface area contributed by atoms with Gasteiger partial charge in [0.1, 0.15) is 5.75 Å². The number of aryl methyl sites for hydroxylation is 1. The molecule has 0 amide bonds. The summed E-state index contributed by atoms with van der Waals surface area (Å²) in [6, 6.07) is 10.3. The van der Waals surface area contributed by atoms with Crippen LogP contribution in [0.4, 0.5) is 0 Å². The molecule has 29 heavy (non-hydrogen) atoms. The Hall–Kier alpha value is -3.20. The van der Waals surface area contributed by atoms with Crippen LogP contribution in [0.1, 0.15) is 29.9 Å². The molecule has 8 nitrogen and oxygen atoms in total. The Morgan fingerprint density at radius 1 is 1.17 bits per heavy atom. The first-order valence-corrected chi connectivity index (χ1v) is 10.7. The van der Waals surface area contributed by atoms with E-state index in [1.54, 1.807) is 31.2 Å². The molecule has 0 bridgehead atoms. The van der Waals surface area contributed by atoms with Crippen LogP contribution in [0.3, 0.4) is 0 Å². The summed E-state index contributed by atoms with van der Waals surface area (Å²) in [5.74, 6) is 1.05. The smallest absolute Gasteiger partial charge is 0.259 e. The van der Waals surface area contributed by atoms with Gasteiger partial charge in [-0.15, -0.1) is 5.10 Å². The van der Waals surface area contributed by atoms with Gasteiger partial charge in [-0.2, -0.15) is 4.52 Å². The lowest BCUT2D eigenvalue weighted by molar-refractivity contribution is 0.415. The summed E-state index contributed by atoms with van der Waals surface area (Å²) in [6.45, 7) is 1.77. The fourth-order valence-corrected chi connectivity index (χ4v) is 5.13. The topological polar surface area (TPSA) is 106 Å². The van der Waals surface area contributed by atoms with E-state index in [1.807, 2.05) is 12.1 Å². The minimum absolute atomic E-state index is 0.0291. The number of hydrogen-bond acceptors (Lipinski definition) is 6. The number of benzene rings is 2. The van der Waals surface area contributed by atoms with E-state index < -0.39 is 15.4 Å². The van der Waals surface area contributed by atoms with Crippen LogP contribution in [0.25, 0.3) is 16.6 Å². The van der Waals surface area contributed by atoms with Gasteiger partial charge in [0.25, 0.3) is 5.56 Å². The molecular weight excluding hydrogens is 392 g/mol. The first-order chi connectivity index (χ1) is 13.9. The van der Waals surface area contributed by atoms with Gasteiger partial charge < -0.3 is 9.72 Å². The number of aromatic nitrogens is 4. The highest BCUT2D eigenvalue weighted by atomic mass is 32.2. The van der Waals surface area contributed by atoms with Gasteiger partial charge in [-0.25, -0.2) is 8.42 Å². The average molecular weight is 410 g/mol. The molecule has 1 fully saturated rings. The predicted octanol–water partition coefficient (Wildman–Crippen LogP) is 2.60. The summed E-state index contributed by atoms with van der Waals surface area (Å²) < 4.78 is 33.2. The minimum atomic E-state index is -3.97. The molecule has 5 rings (SSSR count). The Morgan fingerprint density at radius 3 is 2.66 bits per heavy atom. The quantitative estimate of drug-likeness (QED) is 0.554. The van der Waals surface area contributed by atoms with Crippen LogP contribution in [0.15, 0.2) is 51.1 Å². The summed E-state index contributed by atoms with van der Waals surface area (Å²) in [5.41, 5.74) is 1.83. The highest BCUT2D eigenvalue weighted by Gasteiger charge is 2.29. The molecule has 0 saturated heterocycles. The maximum Gasteiger partial charge on any atom is 0.259 e. The molecule has 148 valence electrons. The van der Waals surface area contributed by atoms with Gasteiger partial charge >= 0.3 is 0 Å².